The van der Waals surface area contributed by atoms with E-state index in [2.05, 4.69) is 14.7 Å². The molecule has 4 aromatic rings. The molecule has 2 aliphatic heterocycles. The third-order valence-corrected chi connectivity index (χ3v) is 11.9. The molecular weight excluding hydrogens is 831 g/mol. The van der Waals surface area contributed by atoms with E-state index < -0.39 is 24.7 Å². The summed E-state index contributed by atoms with van der Waals surface area (Å²) < 4.78 is 65.5. The van der Waals surface area contributed by atoms with Gasteiger partial charge in [0.15, 0.2) is 11.6 Å². The number of nitrogens with zero attached hydrogens (tertiary/aromatic N) is 10. The van der Waals surface area contributed by atoms with E-state index in [1.807, 2.05) is 23.2 Å². The summed E-state index contributed by atoms with van der Waals surface area (Å²) in [5.41, 5.74) is 8.78. The Morgan fingerprint density at radius 2 is 1.41 bits per heavy atom. The number of carbonyl (C=O) groups excluding carboxylic acids is 2. The highest BCUT2D eigenvalue weighted by Gasteiger charge is 2.43. The van der Waals surface area contributed by atoms with Gasteiger partial charge in [-0.05, 0) is 45.6 Å². The first-order valence-corrected chi connectivity index (χ1v) is 21.0. The Hall–Kier alpha value is -5.70. The predicted octanol–water partition coefficient (Wildman–Crippen LogP) is 6.36. The van der Waals surface area contributed by atoms with Gasteiger partial charge in [-0.2, -0.15) is 19.0 Å². The van der Waals surface area contributed by atoms with Crippen molar-refractivity contribution in [3.8, 4) is 5.75 Å². The van der Waals surface area contributed by atoms with Crippen molar-refractivity contribution >= 4 is 41.0 Å². The summed E-state index contributed by atoms with van der Waals surface area (Å²) in [5.74, 6) is 1.87. The number of rotatable bonds is 9. The van der Waals surface area contributed by atoms with Crippen molar-refractivity contribution < 1.29 is 46.8 Å². The summed E-state index contributed by atoms with van der Waals surface area (Å²) in [7, 11) is 4.78. The number of nitrogens with two attached hydrogens (primary N) is 1. The number of aliphatic hydroxyl groups excluding tert-OH is 1. The number of aromatic nitrogens is 6. The molecule has 4 aliphatic rings. The Morgan fingerprint density at radius 3 is 1.92 bits per heavy atom. The molecule has 0 bridgehead atoms. The minimum atomic E-state index is -2.93. The number of nitrogen functional groups attached to an aromatic ring is 1. The molecule has 0 saturated heterocycles. The summed E-state index contributed by atoms with van der Waals surface area (Å²) in [5, 5.41) is 29.5. The van der Waals surface area contributed by atoms with Gasteiger partial charge < -0.3 is 45.0 Å². The number of alkyl halides is 4. The number of amides is 2. The van der Waals surface area contributed by atoms with Gasteiger partial charge in [-0.25, -0.2) is 23.5 Å². The van der Waals surface area contributed by atoms with E-state index in [1.54, 1.807) is 47.5 Å². The van der Waals surface area contributed by atoms with Crippen LogP contribution in [-0.4, -0.2) is 114 Å². The molecule has 4 aromatic heterocycles. The maximum atomic E-state index is 13.3. The van der Waals surface area contributed by atoms with Crippen molar-refractivity contribution in [1.82, 2.24) is 39.3 Å². The molecule has 0 radical (unpaired) electrons. The van der Waals surface area contributed by atoms with Crippen molar-refractivity contribution in [2.45, 2.75) is 123 Å². The maximum Gasteiger partial charge on any atom is 0.409 e. The average molecular weight is 888 g/mol. The second kappa shape index (κ2) is 19.0. The van der Waals surface area contributed by atoms with Crippen LogP contribution in [0.1, 0.15) is 106 Å². The lowest BCUT2D eigenvalue weighted by atomic mass is 9.77. The first-order chi connectivity index (χ1) is 29.8. The Morgan fingerprint density at radius 1 is 0.889 bits per heavy atom. The molecule has 2 fully saturated rings. The summed E-state index contributed by atoms with van der Waals surface area (Å²) in [4.78, 5) is 39.3. The Kier molecular flexibility index (Phi) is 14.1. The van der Waals surface area contributed by atoms with Crippen LogP contribution < -0.4 is 20.3 Å². The minimum Gasteiger partial charge on any atom is -0.453 e. The van der Waals surface area contributed by atoms with Crippen molar-refractivity contribution in [1.29, 1.82) is 0 Å². The van der Waals surface area contributed by atoms with Gasteiger partial charge in [0.2, 0.25) is 5.91 Å². The fourth-order valence-electron chi connectivity index (χ4n) is 8.40. The van der Waals surface area contributed by atoms with Crippen molar-refractivity contribution in [2.24, 2.45) is 0 Å². The third-order valence-electron chi connectivity index (χ3n) is 11.9. The number of hydrogen-bond donors (Lipinski definition) is 3. The van der Waals surface area contributed by atoms with E-state index in [-0.39, 0.29) is 53.5 Å². The van der Waals surface area contributed by atoms with Gasteiger partial charge in [0.25, 0.3) is 6.43 Å². The third kappa shape index (κ3) is 9.78. The van der Waals surface area contributed by atoms with Crippen LogP contribution in [0.2, 0.25) is 0 Å². The average Bonchev–Trinajstić information content (AvgIpc) is 3.80. The molecule has 0 unspecified atom stereocenters. The topological polar surface area (TPSA) is 193 Å². The molecule has 2 saturated carbocycles. The zero-order chi connectivity index (χ0) is 46.1. The first-order valence-electron chi connectivity index (χ1n) is 21.0. The number of aryl methyl sites for hydroxylation is 1. The van der Waals surface area contributed by atoms with E-state index >= 15 is 0 Å². The fraction of sp³-hybridized carbons (Fsp3) is 0.571. The molecular formula is C42H57F4N11O6. The number of carbonyl (C=O) groups is 2. The monoisotopic (exact) mass is 887 g/mol. The van der Waals surface area contributed by atoms with E-state index in [0.717, 1.165) is 22.5 Å². The minimum absolute atomic E-state index is 0.0119. The van der Waals surface area contributed by atoms with E-state index in [0.29, 0.717) is 81.2 Å². The smallest absolute Gasteiger partial charge is 0.409 e. The molecule has 2 aliphatic carbocycles. The number of methoxy groups -OCH3 is 1. The van der Waals surface area contributed by atoms with Crippen LogP contribution in [0.5, 0.6) is 5.75 Å². The predicted molar refractivity (Wildman–Crippen MR) is 226 cm³/mol. The highest BCUT2D eigenvalue weighted by Crippen LogP contribution is 2.44. The standard InChI is InChI=1S/C20H26F2N6O3.C20H25F2N5O3.C2H6/c1-20(30)7-11(8-20)28-15-4-5-27(19(29)31-3)10-13(15)18(25-28)26(2)16-6-12(17(21)22)14(23)9-24-16;1-11-9-23-18(8-17(11)30-20(21)22)25(3)19-15-10-26(12(2)28)5-4-16(15)27(24-19)13-6-14(29)7-13;1-2/h6,9,11,17,30H,4-5,7-8,10,23H2,1-3H3;8-9,13-14,20,29H,4-7,10H2,1-3H3;1-2H3. The lowest BCUT2D eigenvalue weighted by molar-refractivity contribution is -0.129. The van der Waals surface area contributed by atoms with Crippen LogP contribution in [0.4, 0.5) is 51.3 Å². The maximum absolute atomic E-state index is 13.3. The zero-order valence-electron chi connectivity index (χ0n) is 36.9. The molecule has 4 N–H and O–H groups in total. The molecule has 0 aromatic carbocycles. The molecule has 6 heterocycles. The number of hydrogen-bond acceptors (Lipinski definition) is 13. The van der Waals surface area contributed by atoms with Crippen LogP contribution in [0.25, 0.3) is 0 Å². The number of aliphatic hydroxyl groups is 2. The number of anilines is 5. The van der Waals surface area contributed by atoms with Crippen molar-refractivity contribution in [2.75, 3.05) is 49.8 Å². The van der Waals surface area contributed by atoms with Gasteiger partial charge in [-0.15, -0.1) is 0 Å². The van der Waals surface area contributed by atoms with Gasteiger partial charge in [-0.3, -0.25) is 14.2 Å². The highest BCUT2D eigenvalue weighted by molar-refractivity contribution is 5.74. The fourth-order valence-corrected chi connectivity index (χ4v) is 8.40. The van der Waals surface area contributed by atoms with E-state index in [9.17, 15) is 37.4 Å². The SMILES string of the molecule is CC.CC(=O)N1CCc2c(c(N(C)c3cc(OC(F)F)c(C)cn3)nn2C2CC(O)C2)C1.COC(=O)N1CCc2c(c(N(C)c3cc(C(F)F)c(N)cn3)nn2C2CC(C)(O)C2)C1. The summed E-state index contributed by atoms with van der Waals surface area (Å²) >= 11 is 0. The van der Waals surface area contributed by atoms with Crippen LogP contribution in [-0.2, 0) is 35.5 Å². The van der Waals surface area contributed by atoms with E-state index in [1.165, 1.54) is 38.6 Å². The molecule has 8 rings (SSSR count). The summed E-state index contributed by atoms with van der Waals surface area (Å²) in [6, 6.07) is 2.86. The quantitative estimate of drug-likeness (QED) is 0.158. The molecule has 2 amide bonds. The molecule has 344 valence electrons. The largest absolute Gasteiger partial charge is 0.453 e. The van der Waals surface area contributed by atoms with Crippen LogP contribution in [0, 0.1) is 6.92 Å². The Bertz CT molecular complexity index is 2270. The number of halogens is 4. The van der Waals surface area contributed by atoms with Gasteiger partial charge in [-0.1, -0.05) is 13.8 Å². The van der Waals surface area contributed by atoms with Gasteiger partial charge in [0, 0.05) is 92.9 Å². The molecule has 63 heavy (non-hydrogen) atoms. The second-order valence-corrected chi connectivity index (χ2v) is 16.3. The van der Waals surface area contributed by atoms with Gasteiger partial charge in [0.1, 0.15) is 17.4 Å². The van der Waals surface area contributed by atoms with Crippen molar-refractivity contribution in [3.05, 3.63) is 58.2 Å². The zero-order valence-corrected chi connectivity index (χ0v) is 36.9. The van der Waals surface area contributed by atoms with Gasteiger partial charge in [0.05, 0.1) is 55.9 Å². The second-order valence-electron chi connectivity index (χ2n) is 16.3. The lowest BCUT2D eigenvalue weighted by Gasteiger charge is -2.41. The van der Waals surface area contributed by atoms with Crippen LogP contribution >= 0.6 is 0 Å². The highest BCUT2D eigenvalue weighted by atomic mass is 19.3. The van der Waals surface area contributed by atoms with Gasteiger partial charge >= 0.3 is 12.7 Å². The Labute approximate surface area is 363 Å². The Balaban J connectivity index is 0.000000202. The lowest BCUT2D eigenvalue weighted by Crippen LogP contribution is -2.43. The van der Waals surface area contributed by atoms with E-state index in [4.69, 9.17) is 20.7 Å². The normalized spacial score (nSPS) is 21.2. The molecule has 21 heteroatoms. The summed E-state index contributed by atoms with van der Waals surface area (Å²) in [6.07, 6.45) is 2.87. The van der Waals surface area contributed by atoms with Crippen LogP contribution in [0.3, 0.4) is 0 Å². The number of pyridine rings is 2. The number of ether oxygens (including phenoxy) is 2. The molecule has 17 nitrogen and oxygen atoms in total. The first kappa shape index (κ1) is 46.8. The van der Waals surface area contributed by atoms with Crippen LogP contribution in [0.15, 0.2) is 24.5 Å². The number of fused-ring (bicyclic) bond motifs is 2. The van der Waals surface area contributed by atoms with Crippen molar-refractivity contribution in [3.63, 3.8) is 0 Å². The molecule has 0 spiro atoms. The summed E-state index contributed by atoms with van der Waals surface area (Å²) in [6.45, 7) is 7.84. The molecule has 0 atom stereocenters.